The molecule has 1 saturated heterocycles. The van der Waals surface area contributed by atoms with E-state index in [9.17, 15) is 0 Å². The van der Waals surface area contributed by atoms with E-state index in [-0.39, 0.29) is 0 Å². The number of hydrogen-bond donors (Lipinski definition) is 1. The average molecular weight is 231 g/mol. The Morgan fingerprint density at radius 3 is 2.88 bits per heavy atom. The van der Waals surface area contributed by atoms with Gasteiger partial charge in [0.05, 0.1) is 6.26 Å². The predicted octanol–water partition coefficient (Wildman–Crippen LogP) is 2.70. The van der Waals surface area contributed by atoms with Gasteiger partial charge in [0.2, 0.25) is 0 Å². The van der Waals surface area contributed by atoms with Gasteiger partial charge in [0, 0.05) is 36.8 Å². The summed E-state index contributed by atoms with van der Waals surface area (Å²) in [6.07, 6.45) is 4.07. The number of ether oxygens (including phenoxy) is 1. The molecule has 1 aliphatic rings. The summed E-state index contributed by atoms with van der Waals surface area (Å²) in [7, 11) is 0. The third-order valence-corrected chi connectivity index (χ3v) is 3.36. The minimum Gasteiger partial charge on any atom is -0.464 e. The largest absolute Gasteiger partial charge is 0.464 e. The molecule has 90 valence electrons. The Morgan fingerprint density at radius 1 is 1.18 bits per heavy atom. The van der Waals surface area contributed by atoms with Gasteiger partial charge in [0.1, 0.15) is 5.58 Å². The van der Waals surface area contributed by atoms with Gasteiger partial charge in [-0.05, 0) is 18.9 Å². The second kappa shape index (κ2) is 4.90. The van der Waals surface area contributed by atoms with Gasteiger partial charge in [0.15, 0.2) is 0 Å². The van der Waals surface area contributed by atoms with Gasteiger partial charge in [-0.15, -0.1) is 0 Å². The highest BCUT2D eigenvalue weighted by molar-refractivity contribution is 5.80. The molecule has 1 fully saturated rings. The van der Waals surface area contributed by atoms with Crippen molar-refractivity contribution in [3.8, 4) is 0 Å². The summed E-state index contributed by atoms with van der Waals surface area (Å²) < 4.78 is 10.9. The monoisotopic (exact) mass is 231 g/mol. The van der Waals surface area contributed by atoms with Crippen LogP contribution in [-0.2, 0) is 11.3 Å². The van der Waals surface area contributed by atoms with E-state index < -0.39 is 0 Å². The molecule has 3 rings (SSSR count). The minimum absolute atomic E-state index is 0.581. The Morgan fingerprint density at radius 2 is 2.00 bits per heavy atom. The second-order valence-corrected chi connectivity index (χ2v) is 4.52. The van der Waals surface area contributed by atoms with E-state index in [1.54, 1.807) is 0 Å². The summed E-state index contributed by atoms with van der Waals surface area (Å²) in [6.45, 7) is 2.63. The molecule has 1 aromatic carbocycles. The van der Waals surface area contributed by atoms with E-state index in [0.29, 0.717) is 6.04 Å². The number of para-hydroxylation sites is 1. The second-order valence-electron chi connectivity index (χ2n) is 4.52. The molecule has 0 aliphatic carbocycles. The molecule has 0 radical (unpaired) electrons. The van der Waals surface area contributed by atoms with Crippen molar-refractivity contribution >= 4 is 11.0 Å². The van der Waals surface area contributed by atoms with Gasteiger partial charge >= 0.3 is 0 Å². The van der Waals surface area contributed by atoms with Gasteiger partial charge in [-0.3, -0.25) is 0 Å². The van der Waals surface area contributed by atoms with E-state index in [2.05, 4.69) is 17.4 Å². The molecule has 17 heavy (non-hydrogen) atoms. The van der Waals surface area contributed by atoms with Crippen molar-refractivity contribution in [1.82, 2.24) is 5.32 Å². The smallest absolute Gasteiger partial charge is 0.134 e. The van der Waals surface area contributed by atoms with Crippen molar-refractivity contribution in [2.24, 2.45) is 0 Å². The molecule has 0 spiro atoms. The van der Waals surface area contributed by atoms with E-state index in [1.807, 2.05) is 18.4 Å². The van der Waals surface area contributed by atoms with Crippen molar-refractivity contribution in [1.29, 1.82) is 0 Å². The molecule has 3 nitrogen and oxygen atoms in total. The molecule has 0 amide bonds. The van der Waals surface area contributed by atoms with Crippen LogP contribution in [0.3, 0.4) is 0 Å². The highest BCUT2D eigenvalue weighted by atomic mass is 16.5. The van der Waals surface area contributed by atoms with E-state index in [1.165, 1.54) is 10.9 Å². The summed E-state index contributed by atoms with van der Waals surface area (Å²) in [4.78, 5) is 0. The first-order chi connectivity index (χ1) is 8.43. The number of hydrogen-bond acceptors (Lipinski definition) is 3. The molecule has 1 aromatic heterocycles. The highest BCUT2D eigenvalue weighted by Gasteiger charge is 2.13. The van der Waals surface area contributed by atoms with Crippen LogP contribution in [0.15, 0.2) is 34.9 Å². The summed E-state index contributed by atoms with van der Waals surface area (Å²) in [6, 6.07) is 8.75. The number of fused-ring (bicyclic) bond motifs is 1. The van der Waals surface area contributed by atoms with Crippen LogP contribution in [0.25, 0.3) is 11.0 Å². The van der Waals surface area contributed by atoms with Crippen LogP contribution < -0.4 is 5.32 Å². The molecule has 1 N–H and O–H groups in total. The Kier molecular flexibility index (Phi) is 3.12. The first-order valence-corrected chi connectivity index (χ1v) is 6.20. The van der Waals surface area contributed by atoms with Crippen molar-refractivity contribution in [2.75, 3.05) is 13.2 Å². The zero-order valence-electron chi connectivity index (χ0n) is 9.82. The van der Waals surface area contributed by atoms with E-state index in [4.69, 9.17) is 9.15 Å². The summed E-state index contributed by atoms with van der Waals surface area (Å²) in [5.41, 5.74) is 2.21. The number of furan rings is 1. The van der Waals surface area contributed by atoms with Crippen molar-refractivity contribution in [2.45, 2.75) is 25.4 Å². The quantitative estimate of drug-likeness (QED) is 0.882. The first-order valence-electron chi connectivity index (χ1n) is 6.20. The van der Waals surface area contributed by atoms with E-state index >= 15 is 0 Å². The maximum atomic E-state index is 5.52. The fourth-order valence-electron chi connectivity index (χ4n) is 2.33. The highest BCUT2D eigenvalue weighted by Crippen LogP contribution is 2.20. The molecular weight excluding hydrogens is 214 g/mol. The van der Waals surface area contributed by atoms with Crippen LogP contribution in [0, 0.1) is 0 Å². The zero-order chi connectivity index (χ0) is 11.5. The lowest BCUT2D eigenvalue weighted by molar-refractivity contribution is 0.0776. The van der Waals surface area contributed by atoms with Crippen LogP contribution in [0.1, 0.15) is 18.4 Å². The lowest BCUT2D eigenvalue weighted by atomic mass is 10.1. The van der Waals surface area contributed by atoms with Crippen LogP contribution in [0.2, 0.25) is 0 Å². The molecule has 2 aromatic rings. The Hall–Kier alpha value is -1.32. The fraction of sp³-hybridized carbons (Fsp3) is 0.429. The Labute approximate surface area is 101 Å². The molecule has 0 unspecified atom stereocenters. The Bertz CT molecular complexity index is 486. The van der Waals surface area contributed by atoms with Gasteiger partial charge < -0.3 is 14.5 Å². The van der Waals surface area contributed by atoms with Crippen molar-refractivity contribution < 1.29 is 9.15 Å². The topological polar surface area (TPSA) is 34.4 Å². The zero-order valence-corrected chi connectivity index (χ0v) is 9.82. The lowest BCUT2D eigenvalue weighted by Crippen LogP contribution is -2.34. The van der Waals surface area contributed by atoms with Crippen LogP contribution in [-0.4, -0.2) is 19.3 Å². The fourth-order valence-corrected chi connectivity index (χ4v) is 2.33. The van der Waals surface area contributed by atoms with Gasteiger partial charge in [-0.25, -0.2) is 0 Å². The minimum atomic E-state index is 0.581. The number of rotatable bonds is 3. The molecule has 0 bridgehead atoms. The normalized spacial score (nSPS) is 17.6. The number of benzene rings is 1. The third kappa shape index (κ3) is 2.35. The summed E-state index contributed by atoms with van der Waals surface area (Å²) in [5, 5.41) is 4.79. The van der Waals surface area contributed by atoms with Gasteiger partial charge in [0.25, 0.3) is 0 Å². The van der Waals surface area contributed by atoms with Crippen molar-refractivity contribution in [3.63, 3.8) is 0 Å². The first kappa shape index (κ1) is 10.8. The summed E-state index contributed by atoms with van der Waals surface area (Å²) in [5.74, 6) is 0. The van der Waals surface area contributed by atoms with Crippen molar-refractivity contribution in [3.05, 3.63) is 36.1 Å². The maximum Gasteiger partial charge on any atom is 0.134 e. The van der Waals surface area contributed by atoms with Gasteiger partial charge in [-0.1, -0.05) is 18.2 Å². The van der Waals surface area contributed by atoms with E-state index in [0.717, 1.165) is 38.2 Å². The maximum absolute atomic E-state index is 5.52. The van der Waals surface area contributed by atoms with Crippen LogP contribution in [0.5, 0.6) is 0 Å². The van der Waals surface area contributed by atoms with Crippen LogP contribution >= 0.6 is 0 Å². The third-order valence-electron chi connectivity index (χ3n) is 3.36. The molecule has 1 aliphatic heterocycles. The molecule has 0 saturated carbocycles. The molecule has 3 heteroatoms. The average Bonchev–Trinajstić information content (AvgIpc) is 2.81. The SMILES string of the molecule is c1ccc2c(CNC3CCOCC3)coc2c1. The van der Waals surface area contributed by atoms with Crippen LogP contribution in [0.4, 0.5) is 0 Å². The Balaban J connectivity index is 1.68. The predicted molar refractivity (Wildman–Crippen MR) is 66.9 cm³/mol. The molecule has 0 atom stereocenters. The number of nitrogens with one attached hydrogen (secondary N) is 1. The lowest BCUT2D eigenvalue weighted by Gasteiger charge is -2.22. The standard InChI is InChI=1S/C14H17NO2/c1-2-4-14-13(3-1)11(10-17-14)9-15-12-5-7-16-8-6-12/h1-4,10,12,15H,5-9H2. The molecule has 2 heterocycles. The van der Waals surface area contributed by atoms with Gasteiger partial charge in [-0.2, -0.15) is 0 Å². The summed E-state index contributed by atoms with van der Waals surface area (Å²) >= 11 is 0. The molecular formula is C14H17NO2.